The molecule has 0 radical (unpaired) electrons. The first-order chi connectivity index (χ1) is 8.99. The zero-order valence-corrected chi connectivity index (χ0v) is 12.3. The minimum absolute atomic E-state index is 0.197. The molecule has 19 heavy (non-hydrogen) atoms. The Kier molecular flexibility index (Phi) is 4.71. The van der Waals surface area contributed by atoms with Crippen LogP contribution in [0.5, 0.6) is 0 Å². The van der Waals surface area contributed by atoms with E-state index in [4.69, 9.17) is 28.3 Å². The van der Waals surface area contributed by atoms with Crippen LogP contribution in [0.15, 0.2) is 18.2 Å². The minimum Gasteiger partial charge on any atom is -0.481 e. The van der Waals surface area contributed by atoms with Crippen molar-refractivity contribution >= 4 is 29.2 Å². The van der Waals surface area contributed by atoms with Crippen molar-refractivity contribution in [3.63, 3.8) is 0 Å². The van der Waals surface area contributed by atoms with Gasteiger partial charge in [0.05, 0.1) is 16.0 Å². The highest BCUT2D eigenvalue weighted by molar-refractivity contribution is 6.42. The van der Waals surface area contributed by atoms with Crippen molar-refractivity contribution < 1.29 is 9.90 Å². The number of hydrogen-bond donors (Lipinski definition) is 1. The standard InChI is InChI=1S/C14H17Cl2NO2/c1-9(11-2-3-12(15)13(16)8-11)17-6-4-10(5-7-17)14(18)19/h2-3,8-10H,4-7H2,1H3,(H,18,19). The number of hydrogen-bond acceptors (Lipinski definition) is 2. The fraction of sp³-hybridized carbons (Fsp3) is 0.500. The molecule has 104 valence electrons. The topological polar surface area (TPSA) is 40.5 Å². The summed E-state index contributed by atoms with van der Waals surface area (Å²) in [7, 11) is 0. The van der Waals surface area contributed by atoms with E-state index < -0.39 is 5.97 Å². The third-order valence-electron chi connectivity index (χ3n) is 3.85. The Morgan fingerprint density at radius 1 is 1.32 bits per heavy atom. The third-order valence-corrected chi connectivity index (χ3v) is 4.59. The van der Waals surface area contributed by atoms with E-state index in [9.17, 15) is 4.79 Å². The molecule has 0 bridgehead atoms. The zero-order chi connectivity index (χ0) is 14.0. The third kappa shape index (κ3) is 3.41. The number of benzene rings is 1. The fourth-order valence-electron chi connectivity index (χ4n) is 2.52. The van der Waals surface area contributed by atoms with Crippen molar-refractivity contribution in [2.45, 2.75) is 25.8 Å². The van der Waals surface area contributed by atoms with Crippen molar-refractivity contribution in [1.29, 1.82) is 0 Å². The predicted octanol–water partition coefficient (Wildman–Crippen LogP) is 3.85. The van der Waals surface area contributed by atoms with E-state index in [0.29, 0.717) is 22.9 Å². The van der Waals surface area contributed by atoms with Crippen molar-refractivity contribution in [3.8, 4) is 0 Å². The van der Waals surface area contributed by atoms with Crippen LogP contribution in [0.4, 0.5) is 0 Å². The van der Waals surface area contributed by atoms with Crippen molar-refractivity contribution in [1.82, 2.24) is 4.90 Å². The number of rotatable bonds is 3. The van der Waals surface area contributed by atoms with E-state index in [-0.39, 0.29) is 12.0 Å². The number of piperidine rings is 1. The Morgan fingerprint density at radius 3 is 2.47 bits per heavy atom. The molecule has 1 heterocycles. The Hall–Kier alpha value is -0.770. The van der Waals surface area contributed by atoms with Gasteiger partial charge in [-0.2, -0.15) is 0 Å². The number of carboxylic acid groups (broad SMARTS) is 1. The average Bonchev–Trinajstić information content (AvgIpc) is 2.41. The first kappa shape index (κ1) is 14.6. The molecule has 1 unspecified atom stereocenters. The molecule has 1 N–H and O–H groups in total. The number of carbonyl (C=O) groups is 1. The van der Waals surface area contributed by atoms with Gasteiger partial charge in [0.25, 0.3) is 0 Å². The molecule has 1 aliphatic heterocycles. The van der Waals surface area contributed by atoms with E-state index in [1.807, 2.05) is 12.1 Å². The van der Waals surface area contributed by atoms with Gasteiger partial charge in [-0.1, -0.05) is 29.3 Å². The van der Waals surface area contributed by atoms with E-state index in [1.165, 1.54) is 0 Å². The van der Waals surface area contributed by atoms with Crippen LogP contribution in [0.2, 0.25) is 10.0 Å². The van der Waals surface area contributed by atoms with Gasteiger partial charge >= 0.3 is 5.97 Å². The van der Waals surface area contributed by atoms with Gasteiger partial charge < -0.3 is 5.11 Å². The molecule has 1 aromatic rings. The summed E-state index contributed by atoms with van der Waals surface area (Å²) in [4.78, 5) is 13.2. The Morgan fingerprint density at radius 2 is 1.95 bits per heavy atom. The number of aliphatic carboxylic acids is 1. The summed E-state index contributed by atoms with van der Waals surface area (Å²) in [5, 5.41) is 10.1. The molecule has 1 atom stereocenters. The van der Waals surface area contributed by atoms with Crippen LogP contribution < -0.4 is 0 Å². The lowest BCUT2D eigenvalue weighted by atomic mass is 9.95. The van der Waals surface area contributed by atoms with Gasteiger partial charge in [0.1, 0.15) is 0 Å². The van der Waals surface area contributed by atoms with Gasteiger partial charge in [-0.25, -0.2) is 0 Å². The first-order valence-electron chi connectivity index (χ1n) is 6.41. The number of nitrogens with zero attached hydrogens (tertiary/aromatic N) is 1. The molecular weight excluding hydrogens is 285 g/mol. The molecule has 5 heteroatoms. The summed E-state index contributed by atoms with van der Waals surface area (Å²) in [5.74, 6) is -0.876. The highest BCUT2D eigenvalue weighted by Gasteiger charge is 2.27. The SMILES string of the molecule is CC(c1ccc(Cl)c(Cl)c1)N1CCC(C(=O)O)CC1. The summed E-state index contributed by atoms with van der Waals surface area (Å²) in [5.41, 5.74) is 1.11. The maximum absolute atomic E-state index is 10.9. The average molecular weight is 302 g/mol. The second kappa shape index (κ2) is 6.12. The predicted molar refractivity (Wildman–Crippen MR) is 76.8 cm³/mol. The van der Waals surface area contributed by atoms with Crippen LogP contribution >= 0.6 is 23.2 Å². The molecule has 0 aliphatic carbocycles. The molecule has 2 rings (SSSR count). The summed E-state index contributed by atoms with van der Waals surface area (Å²) >= 11 is 11.9. The molecule has 3 nitrogen and oxygen atoms in total. The monoisotopic (exact) mass is 301 g/mol. The summed E-state index contributed by atoms with van der Waals surface area (Å²) in [6, 6.07) is 5.89. The second-order valence-corrected chi connectivity index (χ2v) is 5.81. The largest absolute Gasteiger partial charge is 0.481 e. The van der Waals surface area contributed by atoms with Gasteiger partial charge in [-0.3, -0.25) is 9.69 Å². The van der Waals surface area contributed by atoms with Crippen LogP contribution in [0.1, 0.15) is 31.4 Å². The van der Waals surface area contributed by atoms with Crippen LogP contribution in [0.25, 0.3) is 0 Å². The van der Waals surface area contributed by atoms with E-state index >= 15 is 0 Å². The summed E-state index contributed by atoms with van der Waals surface area (Å²) in [6.45, 7) is 3.72. The van der Waals surface area contributed by atoms with Gasteiger partial charge in [0.2, 0.25) is 0 Å². The van der Waals surface area contributed by atoms with E-state index in [1.54, 1.807) is 6.07 Å². The molecule has 1 fully saturated rings. The molecule has 1 aliphatic rings. The molecule has 0 amide bonds. The van der Waals surface area contributed by atoms with Gasteiger partial charge in [0, 0.05) is 6.04 Å². The van der Waals surface area contributed by atoms with Crippen molar-refractivity contribution in [2.75, 3.05) is 13.1 Å². The summed E-state index contributed by atoms with van der Waals surface area (Å²) in [6.07, 6.45) is 1.42. The quantitative estimate of drug-likeness (QED) is 0.922. The molecule has 0 saturated carbocycles. The molecule has 0 spiro atoms. The molecule has 1 saturated heterocycles. The van der Waals surface area contributed by atoms with Crippen molar-refractivity contribution in [3.05, 3.63) is 33.8 Å². The number of likely N-dealkylation sites (tertiary alicyclic amines) is 1. The van der Waals surface area contributed by atoms with Crippen LogP contribution in [0, 0.1) is 5.92 Å². The van der Waals surface area contributed by atoms with Crippen LogP contribution in [0.3, 0.4) is 0 Å². The lowest BCUT2D eigenvalue weighted by Crippen LogP contribution is -2.37. The van der Waals surface area contributed by atoms with Crippen molar-refractivity contribution in [2.24, 2.45) is 5.92 Å². The Balaban J connectivity index is 2.02. The smallest absolute Gasteiger partial charge is 0.306 e. The lowest BCUT2D eigenvalue weighted by Gasteiger charge is -2.35. The minimum atomic E-state index is -0.679. The highest BCUT2D eigenvalue weighted by atomic mass is 35.5. The molecule has 0 aromatic heterocycles. The van der Waals surface area contributed by atoms with Gasteiger partial charge in [-0.05, 0) is 50.6 Å². The Bertz CT molecular complexity index is 471. The van der Waals surface area contributed by atoms with E-state index in [2.05, 4.69) is 11.8 Å². The highest BCUT2D eigenvalue weighted by Crippen LogP contribution is 2.30. The zero-order valence-electron chi connectivity index (χ0n) is 10.8. The maximum Gasteiger partial charge on any atom is 0.306 e. The van der Waals surface area contributed by atoms with Crippen LogP contribution in [-0.4, -0.2) is 29.1 Å². The fourth-order valence-corrected chi connectivity index (χ4v) is 2.82. The maximum atomic E-state index is 10.9. The lowest BCUT2D eigenvalue weighted by molar-refractivity contribution is -0.143. The number of halogens is 2. The van der Waals surface area contributed by atoms with Gasteiger partial charge in [-0.15, -0.1) is 0 Å². The molecular formula is C14H17Cl2NO2. The normalized spacial score (nSPS) is 19.3. The summed E-state index contributed by atoms with van der Waals surface area (Å²) < 4.78 is 0. The molecule has 1 aromatic carbocycles. The van der Waals surface area contributed by atoms with E-state index in [0.717, 1.165) is 18.7 Å². The Labute approximate surface area is 123 Å². The van der Waals surface area contributed by atoms with Gasteiger partial charge in [0.15, 0.2) is 0 Å². The number of carboxylic acids is 1. The van der Waals surface area contributed by atoms with Crippen LogP contribution in [-0.2, 0) is 4.79 Å². The first-order valence-corrected chi connectivity index (χ1v) is 7.16. The second-order valence-electron chi connectivity index (χ2n) is 5.00.